The molecule has 1 aliphatic rings. The summed E-state index contributed by atoms with van der Waals surface area (Å²) in [7, 11) is 0. The Kier molecular flexibility index (Phi) is 4.97. The van der Waals surface area contributed by atoms with E-state index in [4.69, 9.17) is 21.4 Å². The second-order valence-electron chi connectivity index (χ2n) is 5.13. The van der Waals surface area contributed by atoms with Gasteiger partial charge in [0.15, 0.2) is 5.75 Å². The lowest BCUT2D eigenvalue weighted by molar-refractivity contribution is -0.137. The number of aliphatic hydroxyl groups excluding tert-OH is 1. The number of nitrogens with one attached hydrogen (secondary N) is 1. The van der Waals surface area contributed by atoms with Crippen molar-refractivity contribution in [3.63, 3.8) is 0 Å². The lowest BCUT2D eigenvalue weighted by Crippen LogP contribution is -2.34. The molecule has 0 radical (unpaired) electrons. The minimum atomic E-state index is -0.522. The number of halogens is 1. The van der Waals surface area contributed by atoms with E-state index >= 15 is 0 Å². The van der Waals surface area contributed by atoms with Crippen molar-refractivity contribution in [3.8, 4) is 11.5 Å². The number of rotatable bonds is 6. The summed E-state index contributed by atoms with van der Waals surface area (Å²) in [4.78, 5) is 29.0. The Morgan fingerprint density at radius 3 is 2.84 bits per heavy atom. The third-order valence-corrected chi connectivity index (χ3v) is 3.64. The first kappa shape index (κ1) is 16.9. The number of aromatic nitrogens is 1. The molecular weight excluding hydrogens is 346 g/mol. The molecule has 1 aliphatic heterocycles. The van der Waals surface area contributed by atoms with E-state index in [1.54, 1.807) is 42.7 Å². The van der Waals surface area contributed by atoms with E-state index in [0.717, 1.165) is 4.90 Å². The van der Waals surface area contributed by atoms with Crippen LogP contribution in [-0.2, 0) is 9.59 Å². The van der Waals surface area contributed by atoms with Crippen molar-refractivity contribution in [1.82, 2.24) is 9.88 Å². The molecule has 25 heavy (non-hydrogen) atoms. The highest BCUT2D eigenvalue weighted by molar-refractivity contribution is 6.31. The first-order valence-electron chi connectivity index (χ1n) is 7.41. The first-order chi connectivity index (χ1) is 12.1. The van der Waals surface area contributed by atoms with E-state index in [1.807, 2.05) is 0 Å². The van der Waals surface area contributed by atoms with Gasteiger partial charge in [-0.3, -0.25) is 19.5 Å². The van der Waals surface area contributed by atoms with Gasteiger partial charge < -0.3 is 15.2 Å². The average Bonchev–Trinajstić information content (AvgIpc) is 2.86. The molecule has 0 spiro atoms. The lowest BCUT2D eigenvalue weighted by Gasteiger charge is -2.15. The van der Waals surface area contributed by atoms with Gasteiger partial charge in [-0.05, 0) is 30.3 Å². The summed E-state index contributed by atoms with van der Waals surface area (Å²) in [6.45, 7) is -0.362. The fourth-order valence-corrected chi connectivity index (χ4v) is 2.45. The number of benzene rings is 1. The van der Waals surface area contributed by atoms with Gasteiger partial charge in [-0.2, -0.15) is 0 Å². The molecular formula is C17H14ClN3O4. The zero-order valence-electron chi connectivity index (χ0n) is 13.0. The van der Waals surface area contributed by atoms with Crippen LogP contribution < -0.4 is 10.1 Å². The number of amides is 2. The van der Waals surface area contributed by atoms with Crippen molar-refractivity contribution in [1.29, 1.82) is 0 Å². The highest BCUT2D eigenvalue weighted by Gasteiger charge is 2.31. The largest absolute Gasteiger partial charge is 0.454 e. The number of aliphatic hydroxyl groups is 1. The van der Waals surface area contributed by atoms with Crippen LogP contribution in [0, 0.1) is 0 Å². The number of imide groups is 1. The van der Waals surface area contributed by atoms with Crippen LogP contribution in [0.3, 0.4) is 0 Å². The van der Waals surface area contributed by atoms with Gasteiger partial charge in [0.25, 0.3) is 11.8 Å². The van der Waals surface area contributed by atoms with E-state index in [1.165, 1.54) is 6.08 Å². The number of carbonyl (C=O) groups excluding carboxylic acids is 2. The van der Waals surface area contributed by atoms with E-state index in [0.29, 0.717) is 22.2 Å². The normalized spacial score (nSPS) is 13.8. The zero-order valence-corrected chi connectivity index (χ0v) is 13.7. The van der Waals surface area contributed by atoms with Crippen molar-refractivity contribution in [2.75, 3.05) is 18.5 Å². The van der Waals surface area contributed by atoms with Crippen molar-refractivity contribution < 1.29 is 19.4 Å². The Bertz CT molecular complexity index is 839. The monoisotopic (exact) mass is 359 g/mol. The number of hydrogen-bond donors (Lipinski definition) is 2. The van der Waals surface area contributed by atoms with Crippen molar-refractivity contribution >= 4 is 29.1 Å². The van der Waals surface area contributed by atoms with Crippen LogP contribution >= 0.6 is 11.6 Å². The predicted octanol–water partition coefficient (Wildman–Crippen LogP) is 2.18. The van der Waals surface area contributed by atoms with Gasteiger partial charge in [-0.15, -0.1) is 0 Å². The molecule has 2 aromatic rings. The van der Waals surface area contributed by atoms with Crippen LogP contribution in [0.25, 0.3) is 0 Å². The van der Waals surface area contributed by atoms with Crippen LogP contribution in [0.2, 0.25) is 5.02 Å². The third-order valence-electron chi connectivity index (χ3n) is 3.41. The molecule has 2 N–H and O–H groups in total. The molecule has 3 rings (SSSR count). The molecule has 0 atom stereocenters. The fourth-order valence-electron chi connectivity index (χ4n) is 2.28. The number of β-amino-alcohol motifs (C(OH)–C–C–N with tert-alkyl or cyclic N) is 1. The summed E-state index contributed by atoms with van der Waals surface area (Å²) in [5.41, 5.74) is 0.506. The van der Waals surface area contributed by atoms with Gasteiger partial charge in [0.05, 0.1) is 25.0 Å². The molecule has 1 aromatic heterocycles. The van der Waals surface area contributed by atoms with Gasteiger partial charge in [-0.25, -0.2) is 0 Å². The predicted molar refractivity (Wildman–Crippen MR) is 91.3 cm³/mol. The maximum atomic E-state index is 12.2. The number of pyridine rings is 1. The smallest absolute Gasteiger partial charge is 0.277 e. The fraction of sp³-hybridized carbons (Fsp3) is 0.118. The van der Waals surface area contributed by atoms with Crippen LogP contribution in [0.5, 0.6) is 11.5 Å². The maximum Gasteiger partial charge on any atom is 0.277 e. The highest BCUT2D eigenvalue weighted by atomic mass is 35.5. The minimum Gasteiger partial charge on any atom is -0.454 e. The quantitative estimate of drug-likeness (QED) is 0.768. The molecule has 0 saturated carbocycles. The molecule has 2 heterocycles. The van der Waals surface area contributed by atoms with E-state index < -0.39 is 11.8 Å². The van der Waals surface area contributed by atoms with E-state index in [2.05, 4.69) is 10.3 Å². The van der Waals surface area contributed by atoms with Crippen LogP contribution in [0.4, 0.5) is 5.69 Å². The molecule has 128 valence electrons. The second-order valence-corrected chi connectivity index (χ2v) is 5.57. The first-order valence-corrected chi connectivity index (χ1v) is 7.79. The molecule has 8 heteroatoms. The number of nitrogens with zero attached hydrogens (tertiary/aromatic N) is 2. The molecule has 0 aliphatic carbocycles. The topological polar surface area (TPSA) is 91.8 Å². The summed E-state index contributed by atoms with van der Waals surface area (Å²) in [6, 6.07) is 8.34. The van der Waals surface area contributed by atoms with E-state index in [-0.39, 0.29) is 18.8 Å². The maximum absolute atomic E-state index is 12.2. The van der Waals surface area contributed by atoms with Crippen molar-refractivity contribution in [2.45, 2.75) is 0 Å². The molecule has 0 bridgehead atoms. The van der Waals surface area contributed by atoms with Gasteiger partial charge in [-0.1, -0.05) is 11.6 Å². The van der Waals surface area contributed by atoms with Gasteiger partial charge in [0.1, 0.15) is 11.4 Å². The van der Waals surface area contributed by atoms with Crippen LogP contribution in [0.1, 0.15) is 0 Å². The third kappa shape index (κ3) is 3.78. The number of anilines is 1. The van der Waals surface area contributed by atoms with Crippen molar-refractivity contribution in [3.05, 3.63) is 59.5 Å². The number of hydrogen-bond acceptors (Lipinski definition) is 6. The standard InChI is InChI=1S/C17H14ClN3O4/c18-11-3-4-15(25-12-2-1-5-19-10-12)13(8-11)20-14-9-16(23)21(6-7-22)17(14)24/h1-5,8-10,20,22H,6-7H2. The summed E-state index contributed by atoms with van der Waals surface area (Å²) in [5.74, 6) is -0.0820. The van der Waals surface area contributed by atoms with Gasteiger partial charge in [0.2, 0.25) is 0 Å². The minimum absolute atomic E-state index is 0.0616. The lowest BCUT2D eigenvalue weighted by atomic mass is 10.2. The summed E-state index contributed by atoms with van der Waals surface area (Å²) in [5, 5.41) is 12.3. The molecule has 1 aromatic carbocycles. The Balaban J connectivity index is 1.85. The average molecular weight is 360 g/mol. The molecule has 7 nitrogen and oxygen atoms in total. The number of ether oxygens (including phenoxy) is 1. The molecule has 0 fully saturated rings. The van der Waals surface area contributed by atoms with Gasteiger partial charge >= 0.3 is 0 Å². The van der Waals surface area contributed by atoms with Gasteiger partial charge in [0, 0.05) is 17.3 Å². The SMILES string of the molecule is O=C1C=C(Nc2cc(Cl)ccc2Oc2cccnc2)C(=O)N1CCO. The Hall–Kier alpha value is -2.90. The highest BCUT2D eigenvalue weighted by Crippen LogP contribution is 2.33. The Labute approximate surface area is 148 Å². The van der Waals surface area contributed by atoms with Crippen LogP contribution in [-0.4, -0.2) is 40.0 Å². The van der Waals surface area contributed by atoms with E-state index in [9.17, 15) is 9.59 Å². The molecule has 0 unspecified atom stereocenters. The molecule has 0 saturated heterocycles. The van der Waals surface area contributed by atoms with Crippen LogP contribution in [0.15, 0.2) is 54.5 Å². The zero-order chi connectivity index (χ0) is 17.8. The Morgan fingerprint density at radius 2 is 2.12 bits per heavy atom. The summed E-state index contributed by atoms with van der Waals surface area (Å²) < 4.78 is 5.75. The Morgan fingerprint density at radius 1 is 1.28 bits per heavy atom. The number of carbonyl (C=O) groups is 2. The molecule has 2 amide bonds. The summed E-state index contributed by atoms with van der Waals surface area (Å²) in [6.07, 6.45) is 4.34. The second kappa shape index (κ2) is 7.33. The van der Waals surface area contributed by atoms with Crippen molar-refractivity contribution in [2.24, 2.45) is 0 Å². The summed E-state index contributed by atoms with van der Waals surface area (Å²) >= 11 is 6.03.